The van der Waals surface area contributed by atoms with Crippen molar-refractivity contribution in [2.75, 3.05) is 19.0 Å². The summed E-state index contributed by atoms with van der Waals surface area (Å²) < 4.78 is 0. The molecule has 0 saturated heterocycles. The largest absolute Gasteiger partial charge is 0.378 e. The van der Waals surface area contributed by atoms with Crippen molar-refractivity contribution in [3.8, 4) is 11.3 Å². The Bertz CT molecular complexity index is 1090. The minimum atomic E-state index is 0.289. The van der Waals surface area contributed by atoms with E-state index in [0.29, 0.717) is 5.92 Å². The first-order valence-electron chi connectivity index (χ1n) is 14.1. The Balaban J connectivity index is 0.000000404. The fraction of sp³-hybridized carbons (Fsp3) is 0.417. The molecule has 3 aromatic rings. The van der Waals surface area contributed by atoms with Gasteiger partial charge in [0.05, 0.1) is 5.69 Å². The Kier molecular flexibility index (Phi) is 15.1. The van der Waals surface area contributed by atoms with Crippen LogP contribution in [0.5, 0.6) is 0 Å². The Hall–Kier alpha value is -3.13. The van der Waals surface area contributed by atoms with Crippen molar-refractivity contribution in [2.24, 2.45) is 11.8 Å². The number of aromatic nitrogens is 1. The van der Waals surface area contributed by atoms with Crippen LogP contribution in [0, 0.1) is 11.8 Å². The molecule has 0 amide bonds. The first-order valence-corrected chi connectivity index (χ1v) is 14.1. The van der Waals surface area contributed by atoms with E-state index in [2.05, 4.69) is 148 Å². The SMILES string of the molecule is C/C(CC(C)C)=C(/C)C(C)C.C=CCC.CC(c1ccccc1)c1cccc(-c2ccc(N(C)C)cc2)n1. The maximum atomic E-state index is 4.88. The van der Waals surface area contributed by atoms with Crippen molar-refractivity contribution in [2.45, 2.75) is 74.1 Å². The second-order valence-electron chi connectivity index (χ2n) is 10.9. The average Bonchev–Trinajstić information content (AvgIpc) is 2.92. The maximum Gasteiger partial charge on any atom is 0.0705 e. The molecule has 2 heteroatoms. The highest BCUT2D eigenvalue weighted by molar-refractivity contribution is 5.63. The van der Waals surface area contributed by atoms with Gasteiger partial charge in [-0.3, -0.25) is 4.98 Å². The number of hydrogen-bond donors (Lipinski definition) is 0. The number of allylic oxidation sites excluding steroid dienone is 3. The summed E-state index contributed by atoms with van der Waals surface area (Å²) in [7, 11) is 4.10. The van der Waals surface area contributed by atoms with Gasteiger partial charge in [0.15, 0.2) is 0 Å². The number of pyridine rings is 1. The lowest BCUT2D eigenvalue weighted by molar-refractivity contribution is 0.625. The lowest BCUT2D eigenvalue weighted by Crippen LogP contribution is -2.08. The summed E-state index contributed by atoms with van der Waals surface area (Å²) in [5, 5.41) is 0. The van der Waals surface area contributed by atoms with Crippen LogP contribution in [0.2, 0.25) is 0 Å². The van der Waals surface area contributed by atoms with Gasteiger partial charge in [0.1, 0.15) is 0 Å². The van der Waals surface area contributed by atoms with E-state index in [0.717, 1.165) is 29.3 Å². The minimum Gasteiger partial charge on any atom is -0.378 e. The zero-order valence-electron chi connectivity index (χ0n) is 25.8. The fourth-order valence-electron chi connectivity index (χ4n) is 3.96. The third-order valence-corrected chi connectivity index (χ3v) is 6.74. The molecule has 2 aromatic carbocycles. The molecule has 0 saturated carbocycles. The summed E-state index contributed by atoms with van der Waals surface area (Å²) in [6.45, 7) is 21.3. The van der Waals surface area contributed by atoms with Crippen LogP contribution in [0.1, 0.15) is 85.4 Å². The van der Waals surface area contributed by atoms with E-state index < -0.39 is 0 Å². The topological polar surface area (TPSA) is 16.1 Å². The standard InChI is InChI=1S/C21H22N2.C11H22.C4H8/c1-16(17-8-5-4-6-9-17)20-10-7-11-21(22-20)18-12-14-19(15-13-18)23(2)3;1-8(2)7-10(5)11(6)9(3)4;1-3-4-2/h4-16H,1-3H3;8-9H,7H2,1-6H3;3H,1,4H2,2H3/b;11-10+;. The minimum absolute atomic E-state index is 0.289. The molecule has 38 heavy (non-hydrogen) atoms. The van der Waals surface area contributed by atoms with Crippen LogP contribution in [0.25, 0.3) is 11.3 Å². The van der Waals surface area contributed by atoms with E-state index in [4.69, 9.17) is 4.98 Å². The van der Waals surface area contributed by atoms with Crippen LogP contribution in [0.3, 0.4) is 0 Å². The average molecular weight is 513 g/mol. The predicted octanol–water partition coefficient (Wildman–Crippen LogP) is 10.6. The molecule has 0 fully saturated rings. The van der Waals surface area contributed by atoms with Crippen LogP contribution in [-0.2, 0) is 0 Å². The molecule has 0 N–H and O–H groups in total. The summed E-state index contributed by atoms with van der Waals surface area (Å²) in [6.07, 6.45) is 4.21. The highest BCUT2D eigenvalue weighted by Crippen LogP contribution is 2.26. The van der Waals surface area contributed by atoms with Gasteiger partial charge in [-0.05, 0) is 68.4 Å². The normalized spacial score (nSPS) is 12.0. The third kappa shape index (κ3) is 11.5. The molecule has 0 aliphatic heterocycles. The summed E-state index contributed by atoms with van der Waals surface area (Å²) in [4.78, 5) is 6.98. The van der Waals surface area contributed by atoms with Gasteiger partial charge in [-0.25, -0.2) is 0 Å². The molecule has 3 rings (SSSR count). The Morgan fingerprint density at radius 3 is 1.89 bits per heavy atom. The van der Waals surface area contributed by atoms with Gasteiger partial charge < -0.3 is 4.90 Å². The van der Waals surface area contributed by atoms with E-state index in [1.54, 1.807) is 11.1 Å². The number of nitrogens with zero attached hydrogens (tertiary/aromatic N) is 2. The number of hydrogen-bond acceptors (Lipinski definition) is 2. The van der Waals surface area contributed by atoms with Gasteiger partial charge in [-0.2, -0.15) is 0 Å². The van der Waals surface area contributed by atoms with Gasteiger partial charge in [0.2, 0.25) is 0 Å². The van der Waals surface area contributed by atoms with E-state index in [1.807, 2.05) is 12.1 Å². The fourth-order valence-corrected chi connectivity index (χ4v) is 3.96. The van der Waals surface area contributed by atoms with Crippen molar-refractivity contribution in [3.05, 3.63) is 108 Å². The summed E-state index contributed by atoms with van der Waals surface area (Å²) in [6, 6.07) is 25.3. The molecule has 1 aromatic heterocycles. The molecule has 1 unspecified atom stereocenters. The van der Waals surface area contributed by atoms with Gasteiger partial charge >= 0.3 is 0 Å². The van der Waals surface area contributed by atoms with E-state index in [1.165, 1.54) is 17.7 Å². The van der Waals surface area contributed by atoms with Crippen molar-refractivity contribution >= 4 is 5.69 Å². The van der Waals surface area contributed by atoms with Gasteiger partial charge in [0.25, 0.3) is 0 Å². The second kappa shape index (κ2) is 17.4. The highest BCUT2D eigenvalue weighted by atomic mass is 15.1. The smallest absolute Gasteiger partial charge is 0.0705 e. The van der Waals surface area contributed by atoms with Crippen molar-refractivity contribution in [3.63, 3.8) is 0 Å². The zero-order valence-corrected chi connectivity index (χ0v) is 25.8. The van der Waals surface area contributed by atoms with Gasteiger partial charge in [-0.15, -0.1) is 6.58 Å². The maximum absolute atomic E-state index is 4.88. The summed E-state index contributed by atoms with van der Waals surface area (Å²) in [5.74, 6) is 1.80. The molecule has 0 aliphatic rings. The summed E-state index contributed by atoms with van der Waals surface area (Å²) in [5.41, 5.74) is 8.91. The Morgan fingerprint density at radius 2 is 1.42 bits per heavy atom. The van der Waals surface area contributed by atoms with Gasteiger partial charge in [0, 0.05) is 37.0 Å². The molecule has 0 spiro atoms. The van der Waals surface area contributed by atoms with Crippen LogP contribution in [0.15, 0.2) is 96.6 Å². The van der Waals surface area contributed by atoms with Crippen LogP contribution < -0.4 is 4.90 Å². The lowest BCUT2D eigenvalue weighted by atomic mass is 9.94. The lowest BCUT2D eigenvalue weighted by Gasteiger charge is -2.14. The summed E-state index contributed by atoms with van der Waals surface area (Å²) >= 11 is 0. The number of benzene rings is 2. The zero-order chi connectivity index (χ0) is 28.7. The highest BCUT2D eigenvalue weighted by Gasteiger charge is 2.11. The van der Waals surface area contributed by atoms with Crippen LogP contribution >= 0.6 is 0 Å². The molecule has 1 atom stereocenters. The van der Waals surface area contributed by atoms with Crippen LogP contribution in [0.4, 0.5) is 5.69 Å². The van der Waals surface area contributed by atoms with E-state index in [-0.39, 0.29) is 5.92 Å². The third-order valence-electron chi connectivity index (χ3n) is 6.74. The monoisotopic (exact) mass is 512 g/mol. The Morgan fingerprint density at radius 1 is 0.842 bits per heavy atom. The quantitative estimate of drug-likeness (QED) is 0.279. The first kappa shape index (κ1) is 32.9. The molecule has 0 aliphatic carbocycles. The van der Waals surface area contributed by atoms with E-state index in [9.17, 15) is 0 Å². The molecular weight excluding hydrogens is 460 g/mol. The molecule has 1 heterocycles. The number of anilines is 1. The van der Waals surface area contributed by atoms with Crippen molar-refractivity contribution < 1.29 is 0 Å². The molecule has 206 valence electrons. The predicted molar refractivity (Wildman–Crippen MR) is 171 cm³/mol. The molecule has 0 bridgehead atoms. The molecule has 0 radical (unpaired) electrons. The molecule has 2 nitrogen and oxygen atoms in total. The first-order chi connectivity index (χ1) is 18.0. The van der Waals surface area contributed by atoms with Crippen molar-refractivity contribution in [1.29, 1.82) is 0 Å². The second-order valence-corrected chi connectivity index (χ2v) is 10.9. The van der Waals surface area contributed by atoms with E-state index >= 15 is 0 Å². The number of rotatable bonds is 8. The molecular formula is C36H52N2. The van der Waals surface area contributed by atoms with Crippen LogP contribution in [-0.4, -0.2) is 19.1 Å². The Labute approximate surface area is 234 Å². The van der Waals surface area contributed by atoms with Gasteiger partial charge in [-0.1, -0.05) is 107 Å². The van der Waals surface area contributed by atoms with Crippen molar-refractivity contribution in [1.82, 2.24) is 4.98 Å².